The van der Waals surface area contributed by atoms with Crippen LogP contribution < -0.4 is 9.47 Å². The van der Waals surface area contributed by atoms with Crippen LogP contribution >= 0.6 is 0 Å². The van der Waals surface area contributed by atoms with Crippen molar-refractivity contribution in [2.75, 3.05) is 6.61 Å². The van der Waals surface area contributed by atoms with Crippen LogP contribution in [0.1, 0.15) is 79.0 Å². The van der Waals surface area contributed by atoms with Crippen molar-refractivity contribution in [1.29, 1.82) is 0 Å². The first kappa shape index (κ1) is 22.4. The number of rotatable bonds is 13. The molecule has 1 N–H and O–H groups in total. The molecule has 0 fully saturated rings. The molecule has 0 aliphatic rings. The number of aromatic nitrogens is 1. The fourth-order valence-corrected chi connectivity index (χ4v) is 2.83. The number of unbranched alkanes of at least 4 members (excludes halogenated alkanes) is 7. The van der Waals surface area contributed by atoms with E-state index in [9.17, 15) is 9.59 Å². The lowest BCUT2D eigenvalue weighted by Gasteiger charge is -2.07. The van der Waals surface area contributed by atoms with Crippen molar-refractivity contribution >= 4 is 11.9 Å². The quantitative estimate of drug-likeness (QED) is 0.353. The molecule has 6 heteroatoms. The average molecular weight is 399 g/mol. The summed E-state index contributed by atoms with van der Waals surface area (Å²) < 4.78 is 10.9. The lowest BCUT2D eigenvalue weighted by molar-refractivity contribution is 0.0696. The van der Waals surface area contributed by atoms with Crippen LogP contribution in [0, 0.1) is 0 Å². The molecule has 0 aliphatic carbocycles. The molecule has 0 atom stereocenters. The van der Waals surface area contributed by atoms with Crippen molar-refractivity contribution in [1.82, 2.24) is 4.98 Å². The number of esters is 1. The highest BCUT2D eigenvalue weighted by molar-refractivity contribution is 5.91. The third kappa shape index (κ3) is 8.34. The van der Waals surface area contributed by atoms with Crippen LogP contribution in [-0.4, -0.2) is 28.6 Å². The zero-order valence-corrected chi connectivity index (χ0v) is 16.9. The van der Waals surface area contributed by atoms with Gasteiger partial charge in [0.15, 0.2) is 0 Å². The van der Waals surface area contributed by atoms with E-state index in [1.807, 2.05) is 0 Å². The Morgan fingerprint density at radius 3 is 2.07 bits per heavy atom. The highest BCUT2D eigenvalue weighted by Crippen LogP contribution is 2.16. The number of hydrogen-bond donors (Lipinski definition) is 1. The van der Waals surface area contributed by atoms with E-state index in [2.05, 4.69) is 11.9 Å². The molecule has 0 radical (unpaired) electrons. The van der Waals surface area contributed by atoms with E-state index >= 15 is 0 Å². The van der Waals surface area contributed by atoms with Crippen LogP contribution in [0.5, 0.6) is 11.6 Å². The Kier molecular flexibility index (Phi) is 9.69. The van der Waals surface area contributed by atoms with Crippen molar-refractivity contribution in [3.05, 3.63) is 53.7 Å². The zero-order valence-electron chi connectivity index (χ0n) is 16.9. The van der Waals surface area contributed by atoms with Gasteiger partial charge in [0.05, 0.1) is 17.7 Å². The molecule has 0 bridgehead atoms. The molecular formula is C23H29NO5. The van der Waals surface area contributed by atoms with Crippen LogP contribution in [0.25, 0.3) is 0 Å². The summed E-state index contributed by atoms with van der Waals surface area (Å²) in [6, 6.07) is 9.43. The number of pyridine rings is 1. The maximum atomic E-state index is 12.2. The highest BCUT2D eigenvalue weighted by Gasteiger charge is 2.11. The summed E-state index contributed by atoms with van der Waals surface area (Å²) in [6.07, 6.45) is 11.2. The van der Waals surface area contributed by atoms with Crippen LogP contribution in [-0.2, 0) is 0 Å². The van der Waals surface area contributed by atoms with Gasteiger partial charge in [0.25, 0.3) is 0 Å². The van der Waals surface area contributed by atoms with Crippen LogP contribution in [0.15, 0.2) is 42.6 Å². The Morgan fingerprint density at radius 1 is 0.862 bits per heavy atom. The van der Waals surface area contributed by atoms with Crippen molar-refractivity contribution < 1.29 is 24.2 Å². The van der Waals surface area contributed by atoms with Gasteiger partial charge in [-0.15, -0.1) is 0 Å². The summed E-state index contributed by atoms with van der Waals surface area (Å²) in [5.74, 6) is -0.878. The van der Waals surface area contributed by atoms with Gasteiger partial charge in [-0.2, -0.15) is 0 Å². The van der Waals surface area contributed by atoms with E-state index in [0.29, 0.717) is 17.9 Å². The topological polar surface area (TPSA) is 85.7 Å². The smallest absolute Gasteiger partial charge is 0.344 e. The normalized spacial score (nSPS) is 10.5. The molecule has 1 aromatic heterocycles. The molecule has 2 rings (SSSR count). The van der Waals surface area contributed by atoms with Gasteiger partial charge in [-0.3, -0.25) is 0 Å². The van der Waals surface area contributed by atoms with Crippen LogP contribution in [0.4, 0.5) is 0 Å². The minimum atomic E-state index is -1.09. The molecule has 6 nitrogen and oxygen atoms in total. The minimum Gasteiger partial charge on any atom is -0.494 e. The van der Waals surface area contributed by atoms with Gasteiger partial charge < -0.3 is 14.6 Å². The molecule has 156 valence electrons. The Balaban J connectivity index is 1.68. The number of carboxylic acids is 1. The lowest BCUT2D eigenvalue weighted by Crippen LogP contribution is -2.10. The van der Waals surface area contributed by atoms with Gasteiger partial charge in [-0.05, 0) is 36.8 Å². The number of aromatic carboxylic acids is 1. The molecule has 0 unspecified atom stereocenters. The molecule has 0 spiro atoms. The summed E-state index contributed by atoms with van der Waals surface area (Å²) in [5.41, 5.74) is 0.399. The van der Waals surface area contributed by atoms with Gasteiger partial charge >= 0.3 is 11.9 Å². The molecular weight excluding hydrogens is 370 g/mol. The lowest BCUT2D eigenvalue weighted by atomic mass is 10.1. The van der Waals surface area contributed by atoms with Gasteiger partial charge in [0.2, 0.25) is 5.88 Å². The molecule has 1 aromatic carbocycles. The second kappa shape index (κ2) is 12.5. The van der Waals surface area contributed by atoms with E-state index in [1.54, 1.807) is 24.3 Å². The second-order valence-electron chi connectivity index (χ2n) is 6.93. The highest BCUT2D eigenvalue weighted by atomic mass is 16.5. The number of carboxylic acid groups (broad SMARTS) is 1. The second-order valence-corrected chi connectivity index (χ2v) is 6.93. The number of carbonyl (C=O) groups is 2. The minimum absolute atomic E-state index is 0.0304. The van der Waals surface area contributed by atoms with Crippen molar-refractivity contribution in [2.24, 2.45) is 0 Å². The summed E-state index contributed by atoms with van der Waals surface area (Å²) in [5, 5.41) is 8.85. The summed E-state index contributed by atoms with van der Waals surface area (Å²) in [7, 11) is 0. The van der Waals surface area contributed by atoms with Crippen molar-refractivity contribution in [3.8, 4) is 11.6 Å². The van der Waals surface area contributed by atoms with E-state index in [1.165, 1.54) is 57.1 Å². The van der Waals surface area contributed by atoms with E-state index in [0.717, 1.165) is 12.6 Å². The fraction of sp³-hybridized carbons (Fsp3) is 0.435. The summed E-state index contributed by atoms with van der Waals surface area (Å²) >= 11 is 0. The molecule has 29 heavy (non-hydrogen) atoms. The van der Waals surface area contributed by atoms with Gasteiger partial charge in [-0.1, -0.05) is 51.9 Å². The number of carbonyl (C=O) groups excluding carboxylic acids is 1. The van der Waals surface area contributed by atoms with Crippen molar-refractivity contribution in [2.45, 2.75) is 58.3 Å². The molecule has 2 aromatic rings. The molecule has 0 aliphatic heterocycles. The van der Waals surface area contributed by atoms with E-state index < -0.39 is 11.9 Å². The fourth-order valence-electron chi connectivity index (χ4n) is 2.83. The van der Waals surface area contributed by atoms with E-state index in [4.69, 9.17) is 14.6 Å². The third-order valence-corrected chi connectivity index (χ3v) is 4.54. The Morgan fingerprint density at radius 2 is 1.48 bits per heavy atom. The zero-order chi connectivity index (χ0) is 20.9. The van der Waals surface area contributed by atoms with Gasteiger partial charge in [0.1, 0.15) is 5.75 Å². The molecule has 1 heterocycles. The number of ether oxygens (including phenoxy) is 2. The number of hydrogen-bond acceptors (Lipinski definition) is 5. The number of benzene rings is 1. The van der Waals surface area contributed by atoms with Crippen molar-refractivity contribution in [3.63, 3.8) is 0 Å². The van der Waals surface area contributed by atoms with Gasteiger partial charge in [-0.25, -0.2) is 14.6 Å². The molecule has 0 amide bonds. The maximum absolute atomic E-state index is 12.2. The van der Waals surface area contributed by atoms with Crippen LogP contribution in [0.2, 0.25) is 0 Å². The average Bonchev–Trinajstić information content (AvgIpc) is 2.73. The maximum Gasteiger partial charge on any atom is 0.344 e. The van der Waals surface area contributed by atoms with E-state index in [-0.39, 0.29) is 11.4 Å². The Bertz CT molecular complexity index is 756. The molecule has 0 saturated carbocycles. The standard InChI is InChI=1S/C23H29NO5/c1-2-3-4-5-6-7-8-9-16-28-20-13-10-18(11-14-20)23(27)29-21-15-12-19(17-24-21)22(25)26/h10-15,17H,2-9,16H2,1H3,(H,25,26). The predicted molar refractivity (Wildman–Crippen MR) is 111 cm³/mol. The summed E-state index contributed by atoms with van der Waals surface area (Å²) in [4.78, 5) is 26.8. The Labute approximate surface area is 171 Å². The first-order valence-corrected chi connectivity index (χ1v) is 10.2. The SMILES string of the molecule is CCCCCCCCCCOc1ccc(C(=O)Oc2ccc(C(=O)O)cn2)cc1. The molecule has 0 saturated heterocycles. The predicted octanol–water partition coefficient (Wildman–Crippen LogP) is 5.52. The first-order valence-electron chi connectivity index (χ1n) is 10.2. The summed E-state index contributed by atoms with van der Waals surface area (Å²) in [6.45, 7) is 2.89. The number of nitrogens with zero attached hydrogens (tertiary/aromatic N) is 1. The monoisotopic (exact) mass is 399 g/mol. The van der Waals surface area contributed by atoms with Gasteiger partial charge in [0, 0.05) is 12.3 Å². The first-order chi connectivity index (χ1) is 14.1. The largest absolute Gasteiger partial charge is 0.494 e. The van der Waals surface area contributed by atoms with Crippen LogP contribution in [0.3, 0.4) is 0 Å². The Hall–Kier alpha value is -2.89. The third-order valence-electron chi connectivity index (χ3n) is 4.54.